The maximum absolute atomic E-state index is 11.9. The number of amides is 1. The van der Waals surface area contributed by atoms with E-state index in [1.807, 2.05) is 0 Å². The minimum atomic E-state index is -0.484. The molecule has 3 aromatic rings. The van der Waals surface area contributed by atoms with Gasteiger partial charge in [-0.05, 0) is 12.1 Å². The van der Waals surface area contributed by atoms with Crippen LogP contribution in [0.3, 0.4) is 0 Å². The molecule has 0 radical (unpaired) electrons. The third-order valence-corrected chi connectivity index (χ3v) is 3.61. The lowest BCUT2D eigenvalue weighted by Gasteiger charge is -2.09. The largest absolute Gasteiger partial charge is 0.375 e. The number of hydrogen-bond donors (Lipinski definition) is 2. The summed E-state index contributed by atoms with van der Waals surface area (Å²) in [6, 6.07) is 13.0. The van der Waals surface area contributed by atoms with Gasteiger partial charge >= 0.3 is 0 Å². The van der Waals surface area contributed by atoms with Crippen molar-refractivity contribution in [3.63, 3.8) is 0 Å². The summed E-state index contributed by atoms with van der Waals surface area (Å²) < 4.78 is 5.17. The molecular formula is C17H15N5O4. The van der Waals surface area contributed by atoms with Crippen LogP contribution >= 0.6 is 0 Å². The van der Waals surface area contributed by atoms with Gasteiger partial charge in [0, 0.05) is 30.4 Å². The number of hydrogen-bond acceptors (Lipinski definition) is 7. The van der Waals surface area contributed by atoms with Crippen LogP contribution in [0, 0.1) is 10.1 Å². The van der Waals surface area contributed by atoms with Gasteiger partial charge < -0.3 is 15.2 Å². The molecule has 2 N–H and O–H groups in total. The number of benzene rings is 2. The second-order valence-corrected chi connectivity index (χ2v) is 5.30. The van der Waals surface area contributed by atoms with Crippen molar-refractivity contribution in [3.05, 3.63) is 70.1 Å². The molecule has 0 saturated carbocycles. The van der Waals surface area contributed by atoms with Crippen LogP contribution in [0.15, 0.2) is 53.1 Å². The van der Waals surface area contributed by atoms with Gasteiger partial charge in [0.05, 0.1) is 17.0 Å². The van der Waals surface area contributed by atoms with Gasteiger partial charge in [-0.2, -0.15) is 4.98 Å². The molecule has 0 aliphatic heterocycles. The Hall–Kier alpha value is -3.75. The van der Waals surface area contributed by atoms with E-state index in [1.54, 1.807) is 43.4 Å². The summed E-state index contributed by atoms with van der Waals surface area (Å²) in [5, 5.41) is 20.4. The lowest BCUT2D eigenvalue weighted by molar-refractivity contribution is -0.384. The molecule has 3 rings (SSSR count). The zero-order valence-electron chi connectivity index (χ0n) is 13.8. The quantitative estimate of drug-likeness (QED) is 0.515. The minimum Gasteiger partial charge on any atom is -0.375 e. The van der Waals surface area contributed by atoms with E-state index in [1.165, 1.54) is 12.1 Å². The first kappa shape index (κ1) is 17.1. The van der Waals surface area contributed by atoms with Crippen LogP contribution in [0.1, 0.15) is 16.2 Å². The molecule has 1 aromatic heterocycles. The van der Waals surface area contributed by atoms with E-state index in [0.29, 0.717) is 22.7 Å². The number of carbonyl (C=O) groups excluding carboxylic acids is 1. The summed E-state index contributed by atoms with van der Waals surface area (Å²) in [6.07, 6.45) is 0. The van der Waals surface area contributed by atoms with E-state index in [2.05, 4.69) is 20.8 Å². The van der Waals surface area contributed by atoms with E-state index in [0.717, 1.165) is 0 Å². The topological polar surface area (TPSA) is 123 Å². The lowest BCUT2D eigenvalue weighted by Crippen LogP contribution is -2.19. The van der Waals surface area contributed by atoms with E-state index >= 15 is 0 Å². The van der Waals surface area contributed by atoms with Crippen LogP contribution in [-0.4, -0.2) is 28.0 Å². The number of nitrogens with one attached hydrogen (secondary N) is 2. The average molecular weight is 353 g/mol. The Morgan fingerprint density at radius 3 is 2.81 bits per heavy atom. The van der Waals surface area contributed by atoms with Crippen LogP contribution in [-0.2, 0) is 6.54 Å². The fourth-order valence-electron chi connectivity index (χ4n) is 2.34. The highest BCUT2D eigenvalue weighted by atomic mass is 16.6. The van der Waals surface area contributed by atoms with E-state index in [9.17, 15) is 14.9 Å². The highest BCUT2D eigenvalue weighted by Gasteiger charge is 2.14. The van der Waals surface area contributed by atoms with Crippen LogP contribution in [0.2, 0.25) is 0 Å². The number of nitrogens with zero attached hydrogens (tertiary/aromatic N) is 3. The first-order valence-corrected chi connectivity index (χ1v) is 7.71. The molecule has 0 saturated heterocycles. The first-order chi connectivity index (χ1) is 12.6. The van der Waals surface area contributed by atoms with Gasteiger partial charge in [-0.3, -0.25) is 14.9 Å². The molecule has 0 aliphatic carbocycles. The normalized spacial score (nSPS) is 10.3. The van der Waals surface area contributed by atoms with E-state index < -0.39 is 4.92 Å². The van der Waals surface area contributed by atoms with Crippen molar-refractivity contribution in [1.82, 2.24) is 15.5 Å². The number of rotatable bonds is 6. The summed E-state index contributed by atoms with van der Waals surface area (Å²) in [7, 11) is 1.56. The molecule has 0 unspecified atom stereocenters. The SMILES string of the molecule is CNC(=O)c1ccccc1NCc1nc(-c2cccc([N+](=O)[O-])c2)no1. The maximum Gasteiger partial charge on any atom is 0.270 e. The lowest BCUT2D eigenvalue weighted by atomic mass is 10.1. The third kappa shape index (κ3) is 3.66. The monoisotopic (exact) mass is 353 g/mol. The van der Waals surface area contributed by atoms with Gasteiger partial charge in [0.25, 0.3) is 11.6 Å². The highest BCUT2D eigenvalue weighted by molar-refractivity contribution is 5.99. The number of nitro benzene ring substituents is 1. The van der Waals surface area contributed by atoms with Gasteiger partial charge in [0.15, 0.2) is 0 Å². The Morgan fingerprint density at radius 1 is 1.23 bits per heavy atom. The highest BCUT2D eigenvalue weighted by Crippen LogP contribution is 2.22. The standard InChI is InChI=1S/C17H15N5O4/c1-18-17(23)13-7-2-3-8-14(13)19-10-15-20-16(21-26-15)11-5-4-6-12(9-11)22(24)25/h2-9,19H,10H2,1H3,(H,18,23). The second kappa shape index (κ2) is 7.43. The number of anilines is 1. The number of non-ortho nitro benzene ring substituents is 1. The Kier molecular flexibility index (Phi) is 4.88. The Labute approximate surface area is 148 Å². The predicted molar refractivity (Wildman–Crippen MR) is 93.5 cm³/mol. The Morgan fingerprint density at radius 2 is 2.04 bits per heavy atom. The van der Waals surface area contributed by atoms with E-state index in [-0.39, 0.29) is 24.0 Å². The molecule has 0 atom stereocenters. The predicted octanol–water partition coefficient (Wildman–Crippen LogP) is 2.62. The van der Waals surface area contributed by atoms with Crippen LogP contribution in [0.4, 0.5) is 11.4 Å². The molecule has 1 amide bonds. The smallest absolute Gasteiger partial charge is 0.270 e. The van der Waals surface area contributed by atoms with Gasteiger partial charge in [0.2, 0.25) is 11.7 Å². The third-order valence-electron chi connectivity index (χ3n) is 3.61. The van der Waals surface area contributed by atoms with Crippen LogP contribution in [0.25, 0.3) is 11.4 Å². The minimum absolute atomic E-state index is 0.0496. The van der Waals surface area contributed by atoms with Crippen molar-refractivity contribution in [2.45, 2.75) is 6.54 Å². The fraction of sp³-hybridized carbons (Fsp3) is 0.118. The number of aromatic nitrogens is 2. The summed E-state index contributed by atoms with van der Waals surface area (Å²) >= 11 is 0. The van der Waals surface area contributed by atoms with Gasteiger partial charge in [0.1, 0.15) is 0 Å². The summed E-state index contributed by atoms with van der Waals surface area (Å²) in [5.74, 6) is 0.333. The molecular weight excluding hydrogens is 338 g/mol. The van der Waals surface area contributed by atoms with Gasteiger partial charge in [-0.1, -0.05) is 29.4 Å². The molecule has 0 fully saturated rings. The zero-order chi connectivity index (χ0) is 18.5. The van der Waals surface area contributed by atoms with E-state index in [4.69, 9.17) is 4.52 Å². The molecule has 2 aromatic carbocycles. The van der Waals surface area contributed by atoms with Crippen molar-refractivity contribution in [1.29, 1.82) is 0 Å². The average Bonchev–Trinajstić information content (AvgIpc) is 3.15. The summed E-state index contributed by atoms with van der Waals surface area (Å²) in [4.78, 5) is 26.5. The number of nitro groups is 1. The molecule has 132 valence electrons. The Balaban J connectivity index is 1.75. The molecule has 9 nitrogen and oxygen atoms in total. The fourth-order valence-corrected chi connectivity index (χ4v) is 2.34. The zero-order valence-corrected chi connectivity index (χ0v) is 13.8. The number of para-hydroxylation sites is 1. The molecule has 0 spiro atoms. The van der Waals surface area contributed by atoms with Crippen molar-refractivity contribution in [2.75, 3.05) is 12.4 Å². The van der Waals surface area contributed by atoms with Crippen molar-refractivity contribution in [2.24, 2.45) is 0 Å². The Bertz CT molecular complexity index is 954. The van der Waals surface area contributed by atoms with Crippen LogP contribution < -0.4 is 10.6 Å². The summed E-state index contributed by atoms with van der Waals surface area (Å²) in [6.45, 7) is 0.204. The van der Waals surface area contributed by atoms with Crippen molar-refractivity contribution in [3.8, 4) is 11.4 Å². The van der Waals surface area contributed by atoms with Crippen LogP contribution in [0.5, 0.6) is 0 Å². The molecule has 0 aliphatic rings. The summed E-state index contributed by atoms with van der Waals surface area (Å²) in [5.41, 5.74) is 1.56. The number of carbonyl (C=O) groups is 1. The second-order valence-electron chi connectivity index (χ2n) is 5.30. The van der Waals surface area contributed by atoms with Crippen molar-refractivity contribution >= 4 is 17.3 Å². The van der Waals surface area contributed by atoms with Gasteiger partial charge in [-0.25, -0.2) is 0 Å². The van der Waals surface area contributed by atoms with Gasteiger partial charge in [-0.15, -0.1) is 0 Å². The first-order valence-electron chi connectivity index (χ1n) is 7.71. The van der Waals surface area contributed by atoms with Crippen molar-refractivity contribution < 1.29 is 14.2 Å². The maximum atomic E-state index is 11.9. The molecule has 26 heavy (non-hydrogen) atoms. The molecule has 0 bridgehead atoms. The molecule has 9 heteroatoms. The molecule has 1 heterocycles.